The lowest BCUT2D eigenvalue weighted by molar-refractivity contribution is 1.05. The molecule has 1 rings (SSSR count). The summed E-state index contributed by atoms with van der Waals surface area (Å²) in [6.07, 6.45) is 1.09. The summed E-state index contributed by atoms with van der Waals surface area (Å²) in [5.41, 5.74) is 8.06. The van der Waals surface area contributed by atoms with Gasteiger partial charge in [-0.3, -0.25) is 0 Å². The molecule has 1 heteroatoms. The highest BCUT2D eigenvalue weighted by atomic mass is 14.5. The van der Waals surface area contributed by atoms with E-state index in [1.54, 1.807) is 0 Å². The average Bonchev–Trinajstić information content (AvgIpc) is 2.45. The number of benzene rings is 1. The molecule has 0 bridgehead atoms. The van der Waals surface area contributed by atoms with Crippen LogP contribution >= 0.6 is 0 Å². The van der Waals surface area contributed by atoms with Crippen LogP contribution in [0, 0.1) is 0 Å². The van der Waals surface area contributed by atoms with Gasteiger partial charge in [0.25, 0.3) is 0 Å². The van der Waals surface area contributed by atoms with Crippen LogP contribution < -0.4 is 5.73 Å². The Balaban J connectivity index is -0.000000106. The molecule has 0 aliphatic carbocycles. The lowest BCUT2D eigenvalue weighted by Crippen LogP contribution is -1.96. The monoisotopic (exact) mass is 227 g/mol. The molecule has 2 N–H and O–H groups in total. The molecule has 0 aromatic heterocycles. The Morgan fingerprint density at radius 2 is 1.38 bits per heavy atom. The van der Waals surface area contributed by atoms with E-state index in [0.717, 1.165) is 6.42 Å². The third-order valence-electron chi connectivity index (χ3n) is 1.64. The van der Waals surface area contributed by atoms with E-state index in [9.17, 15) is 0 Å². The van der Waals surface area contributed by atoms with Gasteiger partial charge in [0.15, 0.2) is 0 Å². The minimum absolute atomic E-state index is 0. The number of rotatable bonds is 2. The molecule has 0 saturated heterocycles. The van der Waals surface area contributed by atoms with Crippen LogP contribution in [0.2, 0.25) is 0 Å². The zero-order valence-electron chi connectivity index (χ0n) is 12.3. The van der Waals surface area contributed by atoms with E-state index in [-0.39, 0.29) is 1.43 Å². The van der Waals surface area contributed by atoms with Crippen molar-refractivity contribution in [2.24, 2.45) is 5.73 Å². The highest BCUT2D eigenvalue weighted by Gasteiger charge is 1.89. The van der Waals surface area contributed by atoms with Crippen LogP contribution in [-0.2, 0) is 13.0 Å². The summed E-state index contributed by atoms with van der Waals surface area (Å²) in [6, 6.07) is 8.39. The van der Waals surface area contributed by atoms with Crippen LogP contribution in [0.4, 0.5) is 0 Å². The first-order valence-corrected chi connectivity index (χ1v) is 6.64. The van der Waals surface area contributed by atoms with E-state index in [2.05, 4.69) is 31.2 Å². The number of hydrogen-bond acceptors (Lipinski definition) is 1. The zero-order chi connectivity index (χ0) is 13.4. The van der Waals surface area contributed by atoms with Gasteiger partial charge in [-0.15, -0.1) is 0 Å². The summed E-state index contributed by atoms with van der Waals surface area (Å²) < 4.78 is 0. The second-order valence-electron chi connectivity index (χ2n) is 2.38. The fourth-order valence-corrected chi connectivity index (χ4v) is 0.977. The fraction of sp³-hybridized carbons (Fsp3) is 0.600. The Kier molecular flexibility index (Phi) is 25.3. The minimum Gasteiger partial charge on any atom is -0.326 e. The Hall–Kier alpha value is -0.820. The molecule has 1 nitrogen and oxygen atoms in total. The highest BCUT2D eigenvalue weighted by Crippen LogP contribution is 2.04. The fourth-order valence-electron chi connectivity index (χ4n) is 0.977. The highest BCUT2D eigenvalue weighted by molar-refractivity contribution is 5.22. The largest absolute Gasteiger partial charge is 0.326 e. The topological polar surface area (TPSA) is 26.0 Å². The zero-order valence-corrected chi connectivity index (χ0v) is 12.3. The van der Waals surface area contributed by atoms with Gasteiger partial charge in [0, 0.05) is 7.97 Å². The molecule has 1 aromatic rings. The van der Waals surface area contributed by atoms with Crippen LogP contribution in [0.15, 0.2) is 24.3 Å². The third kappa shape index (κ3) is 11.3. The maximum atomic E-state index is 5.47. The van der Waals surface area contributed by atoms with Crippen molar-refractivity contribution in [3.8, 4) is 0 Å². The molecular weight excluding hydrogens is 194 g/mol. The summed E-state index contributed by atoms with van der Waals surface area (Å²) in [6.45, 7) is 14.8. The first-order chi connectivity index (χ1) is 7.86. The molecule has 0 radical (unpaired) electrons. The molecule has 0 saturated carbocycles. The molecule has 0 atom stereocenters. The Labute approximate surface area is 105 Å². The van der Waals surface area contributed by atoms with Gasteiger partial charge in [-0.25, -0.2) is 0 Å². The van der Waals surface area contributed by atoms with Crippen molar-refractivity contribution in [2.45, 2.75) is 61.4 Å². The van der Waals surface area contributed by atoms with Crippen molar-refractivity contribution in [3.63, 3.8) is 0 Å². The van der Waals surface area contributed by atoms with Gasteiger partial charge < -0.3 is 5.73 Å². The van der Waals surface area contributed by atoms with Crippen LogP contribution in [-0.4, -0.2) is 0 Å². The number of aryl methyl sites for hydroxylation is 1. The van der Waals surface area contributed by atoms with Crippen molar-refractivity contribution in [1.29, 1.82) is 0 Å². The van der Waals surface area contributed by atoms with Gasteiger partial charge in [0.2, 0.25) is 0 Å². The van der Waals surface area contributed by atoms with E-state index in [1.807, 2.05) is 41.5 Å². The van der Waals surface area contributed by atoms with E-state index in [1.165, 1.54) is 11.1 Å². The molecule has 1 aromatic carbocycles. The normalized spacial score (nSPS) is 7.25. The van der Waals surface area contributed by atoms with Gasteiger partial charge in [-0.05, 0) is 17.5 Å². The maximum Gasteiger partial charge on any atom is 0.0178 e. The van der Waals surface area contributed by atoms with Gasteiger partial charge in [0.1, 0.15) is 0 Å². The second kappa shape index (κ2) is 19.7. The maximum absolute atomic E-state index is 5.47. The van der Waals surface area contributed by atoms with Crippen molar-refractivity contribution < 1.29 is 1.43 Å². The van der Waals surface area contributed by atoms with Crippen LogP contribution in [0.5, 0.6) is 0 Å². The molecule has 0 unspecified atom stereocenters. The molecule has 0 heterocycles. The molecule has 0 amide bonds. The van der Waals surface area contributed by atoms with E-state index >= 15 is 0 Å². The van der Waals surface area contributed by atoms with E-state index in [0.29, 0.717) is 6.54 Å². The Morgan fingerprint density at radius 3 is 1.75 bits per heavy atom. The minimum atomic E-state index is 0. The summed E-state index contributed by atoms with van der Waals surface area (Å²) in [5, 5.41) is 0. The van der Waals surface area contributed by atoms with Crippen molar-refractivity contribution >= 4 is 0 Å². The standard InChI is InChI=1S/C9H13N.3C2H6.H2/c1-2-8-4-3-5-9(6-8)7-10;3*1-2;/h3-6H,2,7,10H2,1H3;3*1-2H3;1H. The average molecular weight is 227 g/mol. The lowest BCUT2D eigenvalue weighted by atomic mass is 10.1. The van der Waals surface area contributed by atoms with Crippen molar-refractivity contribution in [3.05, 3.63) is 35.4 Å². The summed E-state index contributed by atoms with van der Waals surface area (Å²) >= 11 is 0. The molecule has 0 aliphatic rings. The predicted octanol–water partition coefficient (Wildman–Crippen LogP) is 5.03. The first-order valence-electron chi connectivity index (χ1n) is 6.64. The van der Waals surface area contributed by atoms with Gasteiger partial charge in [-0.1, -0.05) is 72.7 Å². The summed E-state index contributed by atoms with van der Waals surface area (Å²) in [5.74, 6) is 0. The van der Waals surface area contributed by atoms with E-state index in [4.69, 9.17) is 5.73 Å². The molecular formula is C15H33N. The van der Waals surface area contributed by atoms with Gasteiger partial charge in [-0.2, -0.15) is 0 Å². The van der Waals surface area contributed by atoms with Gasteiger partial charge >= 0.3 is 0 Å². The number of hydrogen-bond donors (Lipinski definition) is 1. The van der Waals surface area contributed by atoms with Crippen molar-refractivity contribution in [1.82, 2.24) is 0 Å². The van der Waals surface area contributed by atoms with Crippen molar-refractivity contribution in [2.75, 3.05) is 0 Å². The summed E-state index contributed by atoms with van der Waals surface area (Å²) in [4.78, 5) is 0. The molecule has 0 spiro atoms. The van der Waals surface area contributed by atoms with E-state index < -0.39 is 0 Å². The third-order valence-corrected chi connectivity index (χ3v) is 1.64. The summed E-state index contributed by atoms with van der Waals surface area (Å²) in [7, 11) is 0. The van der Waals surface area contributed by atoms with Gasteiger partial charge in [0.05, 0.1) is 0 Å². The lowest BCUT2D eigenvalue weighted by Gasteiger charge is -1.98. The SMILES string of the molecule is CC.CC.CC.CCc1cccc(CN)c1.[HH]. The predicted molar refractivity (Wildman–Crippen MR) is 79.9 cm³/mol. The number of nitrogens with two attached hydrogens (primary N) is 1. The molecule has 0 aliphatic heterocycles. The smallest absolute Gasteiger partial charge is 0.0178 e. The van der Waals surface area contributed by atoms with Crippen LogP contribution in [0.25, 0.3) is 0 Å². The quantitative estimate of drug-likeness (QED) is 0.753. The molecule has 98 valence electrons. The second-order valence-corrected chi connectivity index (χ2v) is 2.38. The van der Waals surface area contributed by atoms with Crippen LogP contribution in [0.1, 0.15) is 61.0 Å². The first kappa shape index (κ1) is 20.6. The van der Waals surface area contributed by atoms with Crippen LogP contribution in [0.3, 0.4) is 0 Å². The molecule has 0 fully saturated rings. The Morgan fingerprint density at radius 1 is 0.938 bits per heavy atom. The molecule has 16 heavy (non-hydrogen) atoms. The Bertz CT molecular complexity index is 193.